The van der Waals surface area contributed by atoms with Crippen LogP contribution in [0.3, 0.4) is 0 Å². The Labute approximate surface area is 143 Å². The first kappa shape index (κ1) is 17.0. The van der Waals surface area contributed by atoms with E-state index >= 15 is 0 Å². The Hall–Kier alpha value is -1.85. The summed E-state index contributed by atoms with van der Waals surface area (Å²) >= 11 is 0. The minimum absolute atomic E-state index is 0.420. The standard InChI is InChI=1S/C19H27N3O2/c1-15-7-8-19(24-2)17(12-15)18(23)14-21-10-4-3-6-16(21)13-22-11-5-9-20-22/h5,7-9,11-12,16,18,23H,3-4,6,10,13-14H2,1-2H3/t16-,18-/m0/s1. The van der Waals surface area contributed by atoms with Crippen LogP contribution in [0.15, 0.2) is 36.7 Å². The van der Waals surface area contributed by atoms with E-state index in [1.165, 1.54) is 12.8 Å². The van der Waals surface area contributed by atoms with E-state index in [1.807, 2.05) is 48.3 Å². The molecule has 24 heavy (non-hydrogen) atoms. The molecule has 5 nitrogen and oxygen atoms in total. The van der Waals surface area contributed by atoms with Crippen molar-refractivity contribution in [2.45, 2.75) is 44.9 Å². The van der Waals surface area contributed by atoms with Crippen molar-refractivity contribution in [3.05, 3.63) is 47.8 Å². The average Bonchev–Trinajstić information content (AvgIpc) is 3.09. The predicted octanol–water partition coefficient (Wildman–Crippen LogP) is 2.79. The third-order valence-electron chi connectivity index (χ3n) is 4.86. The molecule has 1 fully saturated rings. The summed E-state index contributed by atoms with van der Waals surface area (Å²) in [7, 11) is 1.66. The molecule has 2 atom stereocenters. The Morgan fingerprint density at radius 3 is 3.00 bits per heavy atom. The number of aromatic nitrogens is 2. The maximum atomic E-state index is 10.8. The first-order chi connectivity index (χ1) is 11.7. The SMILES string of the molecule is COc1ccc(C)cc1[C@@H](O)CN1CCCC[C@H]1Cn1cccn1. The summed E-state index contributed by atoms with van der Waals surface area (Å²) in [6.07, 6.45) is 6.86. The van der Waals surface area contributed by atoms with Gasteiger partial charge in [0, 0.05) is 30.5 Å². The molecule has 1 aliphatic heterocycles. The number of rotatable bonds is 6. The zero-order valence-corrected chi connectivity index (χ0v) is 14.6. The number of aliphatic hydroxyl groups is 1. The van der Waals surface area contributed by atoms with Crippen LogP contribution in [0.1, 0.15) is 36.5 Å². The van der Waals surface area contributed by atoms with Crippen molar-refractivity contribution >= 4 is 0 Å². The van der Waals surface area contributed by atoms with Gasteiger partial charge in [-0.25, -0.2) is 0 Å². The lowest BCUT2D eigenvalue weighted by Gasteiger charge is -2.37. The van der Waals surface area contributed by atoms with Crippen molar-refractivity contribution in [2.75, 3.05) is 20.2 Å². The van der Waals surface area contributed by atoms with Gasteiger partial charge in [0.2, 0.25) is 0 Å². The van der Waals surface area contributed by atoms with Crippen LogP contribution in [0.4, 0.5) is 0 Å². The minimum Gasteiger partial charge on any atom is -0.496 e. The zero-order chi connectivity index (χ0) is 16.9. The molecule has 0 spiro atoms. The number of likely N-dealkylation sites (tertiary alicyclic amines) is 1. The first-order valence-corrected chi connectivity index (χ1v) is 8.71. The average molecular weight is 329 g/mol. The Morgan fingerprint density at radius 2 is 2.25 bits per heavy atom. The fraction of sp³-hybridized carbons (Fsp3) is 0.526. The molecule has 1 aromatic heterocycles. The van der Waals surface area contributed by atoms with Crippen molar-refractivity contribution < 1.29 is 9.84 Å². The highest BCUT2D eigenvalue weighted by atomic mass is 16.5. The van der Waals surface area contributed by atoms with Gasteiger partial charge in [-0.15, -0.1) is 0 Å². The quantitative estimate of drug-likeness (QED) is 0.885. The fourth-order valence-corrected chi connectivity index (χ4v) is 3.57. The molecule has 0 bridgehead atoms. The van der Waals surface area contributed by atoms with E-state index in [4.69, 9.17) is 4.74 Å². The molecular formula is C19H27N3O2. The van der Waals surface area contributed by atoms with Crippen molar-refractivity contribution in [3.8, 4) is 5.75 Å². The number of β-amino-alcohol motifs (C(OH)–C–C–N with tert-alkyl or cyclic N) is 1. The highest BCUT2D eigenvalue weighted by Crippen LogP contribution is 2.29. The van der Waals surface area contributed by atoms with Gasteiger partial charge < -0.3 is 9.84 Å². The van der Waals surface area contributed by atoms with Crippen molar-refractivity contribution in [2.24, 2.45) is 0 Å². The largest absolute Gasteiger partial charge is 0.496 e. The smallest absolute Gasteiger partial charge is 0.124 e. The van der Waals surface area contributed by atoms with Gasteiger partial charge in [-0.05, 0) is 44.5 Å². The molecule has 1 aromatic carbocycles. The van der Waals surface area contributed by atoms with Gasteiger partial charge in [-0.3, -0.25) is 9.58 Å². The lowest BCUT2D eigenvalue weighted by Crippen LogP contribution is -2.44. The van der Waals surface area contributed by atoms with Crippen LogP contribution in [0, 0.1) is 6.92 Å². The molecule has 5 heteroatoms. The summed E-state index contributed by atoms with van der Waals surface area (Å²) < 4.78 is 7.42. The van der Waals surface area contributed by atoms with Gasteiger partial charge in [0.15, 0.2) is 0 Å². The van der Waals surface area contributed by atoms with Gasteiger partial charge >= 0.3 is 0 Å². The predicted molar refractivity (Wildman–Crippen MR) is 94.1 cm³/mol. The minimum atomic E-state index is -0.543. The molecule has 0 unspecified atom stereocenters. The third kappa shape index (κ3) is 3.97. The second-order valence-corrected chi connectivity index (χ2v) is 6.63. The zero-order valence-electron chi connectivity index (χ0n) is 14.6. The number of piperidine rings is 1. The van der Waals surface area contributed by atoms with Crippen molar-refractivity contribution in [1.29, 1.82) is 0 Å². The molecule has 1 N–H and O–H groups in total. The van der Waals surface area contributed by atoms with Crippen molar-refractivity contribution in [1.82, 2.24) is 14.7 Å². The van der Waals surface area contributed by atoms with E-state index in [1.54, 1.807) is 7.11 Å². The van der Waals surface area contributed by atoms with Crippen LogP contribution >= 0.6 is 0 Å². The number of hydrogen-bond donors (Lipinski definition) is 1. The van der Waals surface area contributed by atoms with Crippen LogP contribution in [0.25, 0.3) is 0 Å². The van der Waals surface area contributed by atoms with E-state index in [2.05, 4.69) is 10.00 Å². The Balaban J connectivity index is 1.71. The van der Waals surface area contributed by atoms with Gasteiger partial charge in [0.25, 0.3) is 0 Å². The number of hydrogen-bond acceptors (Lipinski definition) is 4. The van der Waals surface area contributed by atoms with E-state index in [9.17, 15) is 5.11 Å². The molecule has 0 amide bonds. The number of methoxy groups -OCH3 is 1. The van der Waals surface area contributed by atoms with Crippen LogP contribution in [-0.4, -0.2) is 46.0 Å². The molecule has 0 radical (unpaired) electrons. The van der Waals surface area contributed by atoms with Gasteiger partial charge in [0.05, 0.1) is 19.8 Å². The van der Waals surface area contributed by atoms with E-state index in [-0.39, 0.29) is 0 Å². The third-order valence-corrected chi connectivity index (χ3v) is 4.86. The van der Waals surface area contributed by atoms with Crippen molar-refractivity contribution in [3.63, 3.8) is 0 Å². The molecule has 0 saturated carbocycles. The molecule has 1 saturated heterocycles. The summed E-state index contributed by atoms with van der Waals surface area (Å²) in [6, 6.07) is 8.35. The fourth-order valence-electron chi connectivity index (χ4n) is 3.57. The molecule has 2 aromatic rings. The highest BCUT2D eigenvalue weighted by Gasteiger charge is 2.26. The maximum Gasteiger partial charge on any atom is 0.124 e. The summed E-state index contributed by atoms with van der Waals surface area (Å²) in [5.41, 5.74) is 2.01. The summed E-state index contributed by atoms with van der Waals surface area (Å²) in [4.78, 5) is 2.40. The molecular weight excluding hydrogens is 302 g/mol. The summed E-state index contributed by atoms with van der Waals surface area (Å²) in [6.45, 7) is 4.57. The molecule has 0 aliphatic carbocycles. The lowest BCUT2D eigenvalue weighted by molar-refractivity contribution is 0.0579. The lowest BCUT2D eigenvalue weighted by atomic mass is 9.99. The Morgan fingerprint density at radius 1 is 1.38 bits per heavy atom. The Kier molecular flexibility index (Phi) is 5.53. The highest BCUT2D eigenvalue weighted by molar-refractivity contribution is 5.38. The molecule has 3 rings (SSSR count). The maximum absolute atomic E-state index is 10.8. The van der Waals surface area contributed by atoms with Gasteiger partial charge in [-0.2, -0.15) is 5.10 Å². The number of benzene rings is 1. The van der Waals surface area contributed by atoms with Gasteiger partial charge in [-0.1, -0.05) is 18.1 Å². The number of ether oxygens (including phenoxy) is 1. The first-order valence-electron chi connectivity index (χ1n) is 8.71. The number of nitrogens with zero attached hydrogens (tertiary/aromatic N) is 3. The second kappa shape index (κ2) is 7.81. The van der Waals surface area contributed by atoms with Crippen LogP contribution in [0.2, 0.25) is 0 Å². The molecule has 2 heterocycles. The summed E-state index contributed by atoms with van der Waals surface area (Å²) in [5.74, 6) is 0.758. The number of aliphatic hydroxyl groups excluding tert-OH is 1. The molecule has 1 aliphatic rings. The van der Waals surface area contributed by atoms with Crippen LogP contribution in [0.5, 0.6) is 5.75 Å². The van der Waals surface area contributed by atoms with Crippen LogP contribution in [-0.2, 0) is 6.54 Å². The monoisotopic (exact) mass is 329 g/mol. The topological polar surface area (TPSA) is 50.5 Å². The Bertz CT molecular complexity index is 642. The van der Waals surface area contributed by atoms with Gasteiger partial charge in [0.1, 0.15) is 5.75 Å². The van der Waals surface area contributed by atoms with Crippen LogP contribution < -0.4 is 4.74 Å². The second-order valence-electron chi connectivity index (χ2n) is 6.63. The van der Waals surface area contributed by atoms with E-state index in [0.29, 0.717) is 12.6 Å². The van der Waals surface area contributed by atoms with E-state index in [0.717, 1.165) is 36.4 Å². The normalized spacial score (nSPS) is 20.0. The molecule has 130 valence electrons. The summed E-state index contributed by atoms with van der Waals surface area (Å²) in [5, 5.41) is 15.1. The van der Waals surface area contributed by atoms with E-state index < -0.39 is 6.10 Å². The number of aryl methyl sites for hydroxylation is 1.